The van der Waals surface area contributed by atoms with E-state index in [-0.39, 0.29) is 0 Å². The summed E-state index contributed by atoms with van der Waals surface area (Å²) in [5.74, 6) is 0. The highest BCUT2D eigenvalue weighted by molar-refractivity contribution is 7.80. The molecule has 0 aliphatic rings. The van der Waals surface area contributed by atoms with Gasteiger partial charge in [-0.15, -0.1) is 0 Å². The number of unbranched alkanes of at least 4 members (excludes halogenated alkanes) is 1. The van der Waals surface area contributed by atoms with Crippen LogP contribution in [0.25, 0.3) is 0 Å². The van der Waals surface area contributed by atoms with Crippen LogP contribution in [0.1, 0.15) is 26.7 Å². The second kappa shape index (κ2) is 6.43. The van der Waals surface area contributed by atoms with Gasteiger partial charge in [0.2, 0.25) is 0 Å². The molecule has 0 radical (unpaired) electrons. The minimum absolute atomic E-state index is 0.377. The molecule has 0 N–H and O–H groups in total. The Hall–Kier alpha value is 0.310. The first-order valence-corrected chi connectivity index (χ1v) is 4.04. The molecule has 0 aromatic rings. The molecule has 0 aromatic heterocycles. The van der Waals surface area contributed by atoms with Crippen LogP contribution >= 0.6 is 12.6 Å². The van der Waals surface area contributed by atoms with E-state index in [9.17, 15) is 0 Å². The van der Waals surface area contributed by atoms with Crippen LogP contribution in [-0.2, 0) is 4.74 Å². The lowest BCUT2D eigenvalue weighted by Crippen LogP contribution is -2.05. The molecule has 56 valence electrons. The van der Waals surface area contributed by atoms with Gasteiger partial charge in [0.05, 0.1) is 6.61 Å². The fourth-order valence-electron chi connectivity index (χ4n) is 0.500. The fourth-order valence-corrected chi connectivity index (χ4v) is 0.606. The molecule has 0 fully saturated rings. The van der Waals surface area contributed by atoms with Gasteiger partial charge < -0.3 is 4.74 Å². The highest BCUT2D eigenvalue weighted by atomic mass is 32.1. The molecule has 0 aliphatic carbocycles. The third-order valence-electron chi connectivity index (χ3n) is 1.00. The zero-order valence-corrected chi connectivity index (χ0v) is 7.16. The van der Waals surface area contributed by atoms with Crippen molar-refractivity contribution in [2.24, 2.45) is 0 Å². The summed E-state index contributed by atoms with van der Waals surface area (Å²) in [5, 5.41) is 0.377. The molecule has 0 aromatic carbocycles. The van der Waals surface area contributed by atoms with Gasteiger partial charge in [-0.3, -0.25) is 0 Å². The van der Waals surface area contributed by atoms with Crippen molar-refractivity contribution in [1.29, 1.82) is 0 Å². The summed E-state index contributed by atoms with van der Waals surface area (Å²) in [6.07, 6.45) is 2.38. The second-order valence-electron chi connectivity index (χ2n) is 2.28. The van der Waals surface area contributed by atoms with Crippen molar-refractivity contribution in [2.75, 3.05) is 13.2 Å². The van der Waals surface area contributed by atoms with E-state index < -0.39 is 0 Å². The molecule has 0 amide bonds. The Morgan fingerprint density at radius 3 is 2.67 bits per heavy atom. The number of hydrogen-bond acceptors (Lipinski definition) is 2. The molecule has 9 heavy (non-hydrogen) atoms. The van der Waals surface area contributed by atoms with Gasteiger partial charge in [0, 0.05) is 11.9 Å². The summed E-state index contributed by atoms with van der Waals surface area (Å²) in [6, 6.07) is 0. The molecule has 0 rings (SSSR count). The van der Waals surface area contributed by atoms with Gasteiger partial charge in [0.15, 0.2) is 0 Å². The first-order chi connectivity index (χ1) is 4.27. The summed E-state index contributed by atoms with van der Waals surface area (Å²) in [5.41, 5.74) is 0. The summed E-state index contributed by atoms with van der Waals surface area (Å²) in [4.78, 5) is 0. The fraction of sp³-hybridized carbons (Fsp3) is 1.00. The third-order valence-corrected chi connectivity index (χ3v) is 1.15. The first kappa shape index (κ1) is 9.31. The van der Waals surface area contributed by atoms with E-state index in [0.717, 1.165) is 13.2 Å². The lowest BCUT2D eigenvalue weighted by Gasteiger charge is -2.03. The van der Waals surface area contributed by atoms with Crippen LogP contribution in [0.3, 0.4) is 0 Å². The predicted molar refractivity (Wildman–Crippen MR) is 44.2 cm³/mol. The first-order valence-electron chi connectivity index (χ1n) is 3.53. The number of ether oxygens (including phenoxy) is 1. The van der Waals surface area contributed by atoms with Gasteiger partial charge in [0.25, 0.3) is 0 Å². The van der Waals surface area contributed by atoms with Gasteiger partial charge in [-0.05, 0) is 6.42 Å². The molecule has 0 spiro atoms. The van der Waals surface area contributed by atoms with Gasteiger partial charge in [0.1, 0.15) is 0 Å². The van der Waals surface area contributed by atoms with E-state index >= 15 is 0 Å². The molecule has 0 aliphatic heterocycles. The van der Waals surface area contributed by atoms with Crippen LogP contribution in [0.5, 0.6) is 0 Å². The topological polar surface area (TPSA) is 9.23 Å². The molecule has 2 heteroatoms. The quantitative estimate of drug-likeness (QED) is 0.464. The molecule has 1 nitrogen and oxygen atoms in total. The maximum Gasteiger partial charge on any atom is 0.0579 e. The Kier molecular flexibility index (Phi) is 6.65. The van der Waals surface area contributed by atoms with E-state index in [0.29, 0.717) is 5.25 Å². The average Bonchev–Trinajstić information content (AvgIpc) is 1.80. The minimum Gasteiger partial charge on any atom is -0.380 e. The van der Waals surface area contributed by atoms with Crippen LogP contribution in [0.15, 0.2) is 0 Å². The van der Waals surface area contributed by atoms with E-state index in [4.69, 9.17) is 4.74 Å². The molecule has 0 saturated carbocycles. The summed E-state index contributed by atoms with van der Waals surface area (Å²) in [7, 11) is 0. The molecule has 0 saturated heterocycles. The molecule has 0 heterocycles. The van der Waals surface area contributed by atoms with Crippen molar-refractivity contribution >= 4 is 12.6 Å². The van der Waals surface area contributed by atoms with Crippen LogP contribution in [0, 0.1) is 0 Å². The van der Waals surface area contributed by atoms with Crippen molar-refractivity contribution in [2.45, 2.75) is 31.9 Å². The maximum absolute atomic E-state index is 5.26. The van der Waals surface area contributed by atoms with Crippen molar-refractivity contribution in [3.63, 3.8) is 0 Å². The maximum atomic E-state index is 5.26. The normalized spacial score (nSPS) is 13.7. The number of thiol groups is 1. The molecule has 1 atom stereocenters. The van der Waals surface area contributed by atoms with Gasteiger partial charge in [-0.25, -0.2) is 0 Å². The van der Waals surface area contributed by atoms with Crippen molar-refractivity contribution in [3.05, 3.63) is 0 Å². The summed E-state index contributed by atoms with van der Waals surface area (Å²) < 4.78 is 5.26. The predicted octanol–water partition coefficient (Wildman–Crippen LogP) is 2.12. The van der Waals surface area contributed by atoms with Gasteiger partial charge in [-0.1, -0.05) is 20.3 Å². The monoisotopic (exact) mass is 148 g/mol. The number of hydrogen-bond donors (Lipinski definition) is 1. The SMILES string of the molecule is CCCCOCC(C)S. The standard InChI is InChI=1S/C7H16OS/c1-3-4-5-8-6-7(2)9/h7,9H,3-6H2,1-2H3. The Morgan fingerprint density at radius 1 is 1.56 bits per heavy atom. The van der Waals surface area contributed by atoms with Crippen LogP contribution in [0.4, 0.5) is 0 Å². The third kappa shape index (κ3) is 8.31. The molecule has 0 bridgehead atoms. The van der Waals surface area contributed by atoms with Gasteiger partial charge >= 0.3 is 0 Å². The van der Waals surface area contributed by atoms with Crippen LogP contribution in [-0.4, -0.2) is 18.5 Å². The molecular weight excluding hydrogens is 132 g/mol. The summed E-state index contributed by atoms with van der Waals surface area (Å²) >= 11 is 4.18. The van der Waals surface area contributed by atoms with E-state index in [1.807, 2.05) is 6.92 Å². The van der Waals surface area contributed by atoms with E-state index in [1.54, 1.807) is 0 Å². The largest absolute Gasteiger partial charge is 0.380 e. The average molecular weight is 148 g/mol. The highest BCUT2D eigenvalue weighted by Gasteiger charge is 1.91. The second-order valence-corrected chi connectivity index (χ2v) is 3.16. The molecular formula is C7H16OS. The lowest BCUT2D eigenvalue weighted by molar-refractivity contribution is 0.135. The highest BCUT2D eigenvalue weighted by Crippen LogP contribution is 1.94. The lowest BCUT2D eigenvalue weighted by atomic mass is 10.4. The van der Waals surface area contributed by atoms with Crippen molar-refractivity contribution < 1.29 is 4.74 Å². The summed E-state index contributed by atoms with van der Waals surface area (Å²) in [6.45, 7) is 5.87. The minimum atomic E-state index is 0.377. The van der Waals surface area contributed by atoms with Crippen molar-refractivity contribution in [3.8, 4) is 0 Å². The molecule has 1 unspecified atom stereocenters. The Morgan fingerprint density at radius 2 is 2.22 bits per heavy atom. The zero-order chi connectivity index (χ0) is 7.11. The van der Waals surface area contributed by atoms with Gasteiger partial charge in [-0.2, -0.15) is 12.6 Å². The van der Waals surface area contributed by atoms with Crippen molar-refractivity contribution in [1.82, 2.24) is 0 Å². The van der Waals surface area contributed by atoms with E-state index in [1.165, 1.54) is 12.8 Å². The zero-order valence-electron chi connectivity index (χ0n) is 6.26. The van der Waals surface area contributed by atoms with Crippen LogP contribution < -0.4 is 0 Å². The number of rotatable bonds is 5. The van der Waals surface area contributed by atoms with Crippen LogP contribution in [0.2, 0.25) is 0 Å². The van der Waals surface area contributed by atoms with E-state index in [2.05, 4.69) is 19.6 Å². The Bertz CT molecular complexity index is 54.9. The smallest absolute Gasteiger partial charge is 0.0579 e. The Balaban J connectivity index is 2.75. The Labute approximate surface area is 63.2 Å².